The molecule has 178 valence electrons. The molecule has 3 aromatic rings. The largest absolute Gasteiger partial charge is 0.493 e. The molecule has 34 heavy (non-hydrogen) atoms. The molecule has 1 aliphatic carbocycles. The van der Waals surface area contributed by atoms with Crippen LogP contribution in [0, 0.1) is 18.3 Å². The summed E-state index contributed by atoms with van der Waals surface area (Å²) >= 11 is 1.66. The minimum absolute atomic E-state index is 0.0826. The number of ether oxygens (including phenoxy) is 1. The first-order valence-electron chi connectivity index (χ1n) is 12.0. The number of aryl methyl sites for hydroxylation is 1. The van der Waals surface area contributed by atoms with Gasteiger partial charge in [0.15, 0.2) is 0 Å². The van der Waals surface area contributed by atoms with Gasteiger partial charge in [-0.3, -0.25) is 4.79 Å². The Kier molecular flexibility index (Phi) is 7.22. The van der Waals surface area contributed by atoms with E-state index in [0.717, 1.165) is 52.4 Å². The predicted octanol–water partition coefficient (Wildman–Crippen LogP) is 7.61. The number of hydrogen-bond acceptors (Lipinski definition) is 4. The summed E-state index contributed by atoms with van der Waals surface area (Å²) in [4.78, 5) is 19.6. The summed E-state index contributed by atoms with van der Waals surface area (Å²) in [5, 5.41) is 3.88. The number of para-hydroxylation sites is 1. The number of amides is 1. The second kappa shape index (κ2) is 10.1. The molecule has 0 bridgehead atoms. The molecule has 0 saturated heterocycles. The Morgan fingerprint density at radius 1 is 1.18 bits per heavy atom. The SMILES string of the molecule is CCOc1ccccc1C=Nc1sc2c(c1C(=O)Nc1ccc(C)cc1)CCC(C(C)(C)C)C2. The molecule has 1 aromatic heterocycles. The number of rotatable bonds is 6. The zero-order chi connectivity index (χ0) is 24.3. The Labute approximate surface area is 207 Å². The zero-order valence-electron chi connectivity index (χ0n) is 20.8. The van der Waals surface area contributed by atoms with E-state index in [1.165, 1.54) is 10.4 Å². The smallest absolute Gasteiger partial charge is 0.259 e. The molecule has 1 aliphatic rings. The molecule has 0 saturated carbocycles. The third-order valence-electron chi connectivity index (χ3n) is 6.55. The average Bonchev–Trinajstić information content (AvgIpc) is 3.17. The Morgan fingerprint density at radius 3 is 2.62 bits per heavy atom. The molecule has 5 heteroatoms. The number of thiophene rings is 1. The van der Waals surface area contributed by atoms with Crippen molar-refractivity contribution in [2.45, 2.75) is 53.9 Å². The van der Waals surface area contributed by atoms with Crippen LogP contribution in [0.2, 0.25) is 0 Å². The lowest BCUT2D eigenvalue weighted by Crippen LogP contribution is -2.27. The lowest BCUT2D eigenvalue weighted by molar-refractivity contribution is 0.102. The van der Waals surface area contributed by atoms with Crippen molar-refractivity contribution in [3.63, 3.8) is 0 Å². The van der Waals surface area contributed by atoms with Gasteiger partial charge in [0, 0.05) is 22.3 Å². The monoisotopic (exact) mass is 474 g/mol. The molecular weight excluding hydrogens is 440 g/mol. The van der Waals surface area contributed by atoms with E-state index in [4.69, 9.17) is 9.73 Å². The van der Waals surface area contributed by atoms with Gasteiger partial charge in [0.05, 0.1) is 12.2 Å². The molecule has 4 nitrogen and oxygen atoms in total. The molecular formula is C29H34N2O2S. The average molecular weight is 475 g/mol. The van der Waals surface area contributed by atoms with Crippen LogP contribution in [0.5, 0.6) is 5.75 Å². The van der Waals surface area contributed by atoms with Gasteiger partial charge in [-0.1, -0.05) is 50.6 Å². The number of nitrogens with one attached hydrogen (secondary N) is 1. The minimum atomic E-state index is -0.0826. The van der Waals surface area contributed by atoms with E-state index in [-0.39, 0.29) is 11.3 Å². The lowest BCUT2D eigenvalue weighted by Gasteiger charge is -2.33. The van der Waals surface area contributed by atoms with E-state index < -0.39 is 0 Å². The molecule has 1 amide bonds. The maximum atomic E-state index is 13.5. The van der Waals surface area contributed by atoms with Crippen molar-refractivity contribution in [3.8, 4) is 5.75 Å². The summed E-state index contributed by atoms with van der Waals surface area (Å²) < 4.78 is 5.76. The van der Waals surface area contributed by atoms with Crippen LogP contribution in [-0.2, 0) is 12.8 Å². The topological polar surface area (TPSA) is 50.7 Å². The Hall–Kier alpha value is -2.92. The van der Waals surface area contributed by atoms with Gasteiger partial charge in [0.1, 0.15) is 10.8 Å². The highest BCUT2D eigenvalue weighted by Gasteiger charge is 2.33. The summed E-state index contributed by atoms with van der Waals surface area (Å²) in [5.74, 6) is 1.32. The Balaban J connectivity index is 1.71. The van der Waals surface area contributed by atoms with Crippen molar-refractivity contribution < 1.29 is 9.53 Å². The molecule has 4 rings (SSSR count). The first kappa shape index (κ1) is 24.2. The number of carbonyl (C=O) groups excluding carboxylic acids is 1. The van der Waals surface area contributed by atoms with Gasteiger partial charge in [0.2, 0.25) is 0 Å². The van der Waals surface area contributed by atoms with Crippen molar-refractivity contribution >= 4 is 34.1 Å². The van der Waals surface area contributed by atoms with Crippen LogP contribution < -0.4 is 10.1 Å². The van der Waals surface area contributed by atoms with Gasteiger partial charge in [-0.15, -0.1) is 11.3 Å². The number of nitrogens with zero attached hydrogens (tertiary/aromatic N) is 1. The molecule has 1 heterocycles. The van der Waals surface area contributed by atoms with Crippen molar-refractivity contribution in [1.82, 2.24) is 0 Å². The van der Waals surface area contributed by atoms with E-state index in [2.05, 4.69) is 26.1 Å². The number of fused-ring (bicyclic) bond motifs is 1. The van der Waals surface area contributed by atoms with Crippen LogP contribution in [0.1, 0.15) is 66.0 Å². The number of benzene rings is 2. The zero-order valence-corrected chi connectivity index (χ0v) is 21.6. The van der Waals surface area contributed by atoms with Gasteiger partial charge in [-0.2, -0.15) is 0 Å². The van der Waals surface area contributed by atoms with Crippen molar-refractivity contribution in [3.05, 3.63) is 75.7 Å². The second-order valence-corrected chi connectivity index (χ2v) is 11.1. The van der Waals surface area contributed by atoms with Gasteiger partial charge >= 0.3 is 0 Å². The molecule has 1 N–H and O–H groups in total. The van der Waals surface area contributed by atoms with E-state index in [9.17, 15) is 4.79 Å². The van der Waals surface area contributed by atoms with E-state index >= 15 is 0 Å². The highest BCUT2D eigenvalue weighted by Crippen LogP contribution is 2.45. The standard InChI is InChI=1S/C29H34N2O2S/c1-6-33-24-10-8-7-9-20(24)18-30-28-26(27(32)31-22-14-11-19(2)12-15-22)23-16-13-21(29(3,4)5)17-25(23)34-28/h7-12,14-15,18,21H,6,13,16-17H2,1-5H3,(H,31,32). The number of aliphatic imine (C=N–C) groups is 1. The van der Waals surface area contributed by atoms with Crippen LogP contribution in [0.15, 0.2) is 53.5 Å². The minimum Gasteiger partial charge on any atom is -0.493 e. The van der Waals surface area contributed by atoms with Crippen LogP contribution in [0.25, 0.3) is 0 Å². The molecule has 2 aromatic carbocycles. The highest BCUT2D eigenvalue weighted by molar-refractivity contribution is 7.16. The summed E-state index contributed by atoms with van der Waals surface area (Å²) in [7, 11) is 0. The Bertz CT molecular complexity index is 1190. The maximum absolute atomic E-state index is 13.5. The van der Waals surface area contributed by atoms with Crippen molar-refractivity contribution in [1.29, 1.82) is 0 Å². The third kappa shape index (κ3) is 5.41. The normalized spacial score (nSPS) is 15.9. The fraction of sp³-hybridized carbons (Fsp3) is 0.379. The number of hydrogen-bond donors (Lipinski definition) is 1. The van der Waals surface area contributed by atoms with Gasteiger partial charge in [0.25, 0.3) is 5.91 Å². The first-order valence-corrected chi connectivity index (χ1v) is 12.9. The second-order valence-electron chi connectivity index (χ2n) is 10.0. The van der Waals surface area contributed by atoms with Gasteiger partial charge < -0.3 is 10.1 Å². The summed E-state index contributed by atoms with van der Waals surface area (Å²) in [5.41, 5.74) is 5.01. The molecule has 1 atom stereocenters. The van der Waals surface area contributed by atoms with E-state index in [0.29, 0.717) is 12.5 Å². The number of anilines is 1. The molecule has 0 spiro atoms. The lowest BCUT2D eigenvalue weighted by atomic mass is 9.72. The third-order valence-corrected chi connectivity index (χ3v) is 7.71. The van der Waals surface area contributed by atoms with Crippen molar-refractivity contribution in [2.75, 3.05) is 11.9 Å². The summed E-state index contributed by atoms with van der Waals surface area (Å²) in [6.07, 6.45) is 4.83. The predicted molar refractivity (Wildman–Crippen MR) is 143 cm³/mol. The van der Waals surface area contributed by atoms with Crippen LogP contribution in [0.3, 0.4) is 0 Å². The van der Waals surface area contributed by atoms with Crippen molar-refractivity contribution in [2.24, 2.45) is 16.3 Å². The highest BCUT2D eigenvalue weighted by atomic mass is 32.1. The van der Waals surface area contributed by atoms with E-state index in [1.54, 1.807) is 11.3 Å². The maximum Gasteiger partial charge on any atom is 0.259 e. The molecule has 0 fully saturated rings. The van der Waals surface area contributed by atoms with Gasteiger partial charge in [-0.25, -0.2) is 4.99 Å². The Morgan fingerprint density at radius 2 is 1.91 bits per heavy atom. The van der Waals surface area contributed by atoms with Crippen LogP contribution >= 0.6 is 11.3 Å². The summed E-state index contributed by atoms with van der Waals surface area (Å²) in [6.45, 7) is 11.5. The van der Waals surface area contributed by atoms with E-state index in [1.807, 2.05) is 68.6 Å². The fourth-order valence-electron chi connectivity index (χ4n) is 4.47. The number of carbonyl (C=O) groups is 1. The quantitative estimate of drug-likeness (QED) is 0.374. The van der Waals surface area contributed by atoms with Gasteiger partial charge in [-0.05, 0) is 74.3 Å². The van der Waals surface area contributed by atoms with Crippen LogP contribution in [-0.4, -0.2) is 18.7 Å². The fourth-order valence-corrected chi connectivity index (χ4v) is 5.74. The summed E-state index contributed by atoms with van der Waals surface area (Å²) in [6, 6.07) is 15.8. The molecule has 0 aliphatic heterocycles. The molecule has 0 radical (unpaired) electrons. The van der Waals surface area contributed by atoms with Crippen LogP contribution in [0.4, 0.5) is 10.7 Å². The molecule has 1 unspecified atom stereocenters. The first-order chi connectivity index (χ1) is 16.3.